The maximum absolute atomic E-state index is 4.35. The van der Waals surface area contributed by atoms with Gasteiger partial charge in [-0.1, -0.05) is 24.3 Å². The largest absolute Gasteiger partial charge is 0.254 e. The van der Waals surface area contributed by atoms with E-state index in [4.69, 9.17) is 0 Å². The number of hydrogen-bond donors (Lipinski definition) is 0. The van der Waals surface area contributed by atoms with Gasteiger partial charge in [0, 0.05) is 47.1 Å². The van der Waals surface area contributed by atoms with E-state index in [9.17, 15) is 0 Å². The van der Waals surface area contributed by atoms with E-state index in [-0.39, 0.29) is 23.9 Å². The van der Waals surface area contributed by atoms with Crippen LogP contribution in [-0.2, 0) is 0 Å². The van der Waals surface area contributed by atoms with E-state index in [0.717, 1.165) is 21.8 Å². The number of benzene rings is 1. The standard InChI is InChI=1S/C12H8N2.Sn/c1-3-9-5-6-10-4-2-8-14-12(10)11(9)13-7-1;/h1-8H;. The van der Waals surface area contributed by atoms with Crippen LogP contribution in [0.2, 0.25) is 0 Å². The molecule has 0 saturated heterocycles. The summed E-state index contributed by atoms with van der Waals surface area (Å²) >= 11 is 0. The second-order valence-electron chi connectivity index (χ2n) is 3.22. The predicted molar refractivity (Wildman–Crippen MR) is 62.8 cm³/mol. The number of hydrogen-bond acceptors (Lipinski definition) is 2. The van der Waals surface area contributed by atoms with E-state index in [1.807, 2.05) is 12.1 Å². The zero-order valence-corrected chi connectivity index (χ0v) is 10.9. The van der Waals surface area contributed by atoms with Crippen molar-refractivity contribution in [1.82, 2.24) is 9.97 Å². The van der Waals surface area contributed by atoms with Crippen LogP contribution in [-0.4, -0.2) is 33.9 Å². The van der Waals surface area contributed by atoms with E-state index in [2.05, 4.69) is 34.2 Å². The molecule has 0 amide bonds. The molecule has 0 unspecified atom stereocenters. The normalized spacial score (nSPS) is 10.1. The molecule has 2 aromatic heterocycles. The van der Waals surface area contributed by atoms with E-state index in [1.165, 1.54) is 0 Å². The third-order valence-electron chi connectivity index (χ3n) is 2.34. The van der Waals surface area contributed by atoms with Crippen LogP contribution in [0.25, 0.3) is 21.8 Å². The van der Waals surface area contributed by atoms with Gasteiger partial charge in [-0.3, -0.25) is 9.97 Å². The monoisotopic (exact) mass is 300 g/mol. The summed E-state index contributed by atoms with van der Waals surface area (Å²) in [5.74, 6) is 0. The van der Waals surface area contributed by atoms with E-state index >= 15 is 0 Å². The number of rotatable bonds is 0. The topological polar surface area (TPSA) is 25.8 Å². The van der Waals surface area contributed by atoms with Crippen molar-refractivity contribution in [3.05, 3.63) is 48.8 Å². The maximum atomic E-state index is 4.35. The Balaban J connectivity index is 0.000000853. The molecule has 70 valence electrons. The third kappa shape index (κ3) is 1.69. The van der Waals surface area contributed by atoms with Crippen molar-refractivity contribution in [1.29, 1.82) is 0 Å². The number of aromatic nitrogens is 2. The van der Waals surface area contributed by atoms with Gasteiger partial charge < -0.3 is 0 Å². The molecule has 1 aromatic carbocycles. The molecule has 15 heavy (non-hydrogen) atoms. The van der Waals surface area contributed by atoms with Gasteiger partial charge in [0.1, 0.15) is 0 Å². The van der Waals surface area contributed by atoms with Crippen LogP contribution in [0.1, 0.15) is 0 Å². The summed E-state index contributed by atoms with van der Waals surface area (Å²) in [5.41, 5.74) is 1.95. The molecule has 0 aliphatic rings. The molecule has 0 N–H and O–H groups in total. The molecule has 4 radical (unpaired) electrons. The van der Waals surface area contributed by atoms with Crippen molar-refractivity contribution < 1.29 is 0 Å². The quantitative estimate of drug-likeness (QED) is 0.470. The van der Waals surface area contributed by atoms with Crippen molar-refractivity contribution in [3.8, 4) is 0 Å². The van der Waals surface area contributed by atoms with Gasteiger partial charge in [-0.2, -0.15) is 0 Å². The Morgan fingerprint density at radius 3 is 1.60 bits per heavy atom. The Bertz CT molecular complexity index is 553. The van der Waals surface area contributed by atoms with Crippen LogP contribution in [0, 0.1) is 0 Å². The van der Waals surface area contributed by atoms with Crippen LogP contribution in [0.4, 0.5) is 0 Å². The molecule has 3 aromatic rings. The number of fused-ring (bicyclic) bond motifs is 3. The summed E-state index contributed by atoms with van der Waals surface area (Å²) in [6.45, 7) is 0. The molecule has 0 spiro atoms. The molecule has 0 fully saturated rings. The fourth-order valence-corrected chi connectivity index (χ4v) is 1.68. The number of nitrogens with zero attached hydrogens (tertiary/aromatic N) is 2. The Labute approximate surface area is 104 Å². The summed E-state index contributed by atoms with van der Waals surface area (Å²) in [7, 11) is 0. The molecule has 2 nitrogen and oxygen atoms in total. The summed E-state index contributed by atoms with van der Waals surface area (Å²) in [6.07, 6.45) is 3.60. The van der Waals surface area contributed by atoms with Gasteiger partial charge in [-0.15, -0.1) is 0 Å². The minimum Gasteiger partial charge on any atom is -0.254 e. The molecule has 0 aliphatic carbocycles. The Hall–Kier alpha value is -1.16. The van der Waals surface area contributed by atoms with E-state index in [0.29, 0.717) is 0 Å². The smallest absolute Gasteiger partial charge is 0.0964 e. The molecular weight excluding hydrogens is 291 g/mol. The third-order valence-corrected chi connectivity index (χ3v) is 2.34. The molecule has 0 aliphatic heterocycles. The van der Waals surface area contributed by atoms with Gasteiger partial charge in [0.25, 0.3) is 0 Å². The van der Waals surface area contributed by atoms with Crippen molar-refractivity contribution in [3.63, 3.8) is 0 Å². The summed E-state index contributed by atoms with van der Waals surface area (Å²) in [6, 6.07) is 12.1. The minimum atomic E-state index is 0. The van der Waals surface area contributed by atoms with Crippen LogP contribution in [0.15, 0.2) is 48.8 Å². The van der Waals surface area contributed by atoms with Crippen molar-refractivity contribution >= 4 is 45.7 Å². The molecule has 0 saturated carbocycles. The van der Waals surface area contributed by atoms with Crippen LogP contribution in [0.5, 0.6) is 0 Å². The minimum absolute atomic E-state index is 0. The van der Waals surface area contributed by atoms with E-state index in [1.54, 1.807) is 12.4 Å². The van der Waals surface area contributed by atoms with Gasteiger partial charge in [-0.05, 0) is 12.1 Å². The van der Waals surface area contributed by atoms with Crippen LogP contribution < -0.4 is 0 Å². The zero-order valence-electron chi connectivity index (χ0n) is 8.01. The van der Waals surface area contributed by atoms with Crippen molar-refractivity contribution in [2.24, 2.45) is 0 Å². The number of pyridine rings is 2. The second-order valence-corrected chi connectivity index (χ2v) is 3.22. The average molecular weight is 299 g/mol. The fourth-order valence-electron chi connectivity index (χ4n) is 1.68. The zero-order chi connectivity index (χ0) is 9.38. The van der Waals surface area contributed by atoms with Gasteiger partial charge in [0.2, 0.25) is 0 Å². The van der Waals surface area contributed by atoms with Crippen molar-refractivity contribution in [2.75, 3.05) is 0 Å². The summed E-state index contributed by atoms with van der Waals surface area (Å²) < 4.78 is 0. The van der Waals surface area contributed by atoms with Gasteiger partial charge in [-0.25, -0.2) is 0 Å². The molecule has 3 rings (SSSR count). The first kappa shape index (κ1) is 10.4. The maximum Gasteiger partial charge on any atom is 0.0964 e. The first-order valence-corrected chi connectivity index (χ1v) is 4.53. The fraction of sp³-hybridized carbons (Fsp3) is 0. The summed E-state index contributed by atoms with van der Waals surface area (Å²) in [5, 5.41) is 2.28. The molecule has 2 heterocycles. The average Bonchev–Trinajstić information content (AvgIpc) is 2.29. The predicted octanol–water partition coefficient (Wildman–Crippen LogP) is 2.40. The first-order chi connectivity index (χ1) is 6.95. The van der Waals surface area contributed by atoms with Crippen LogP contribution in [0.3, 0.4) is 0 Å². The SMILES string of the molecule is [Sn].c1cnc2c(c1)ccc1cccnc12. The van der Waals surface area contributed by atoms with Crippen molar-refractivity contribution in [2.45, 2.75) is 0 Å². The Morgan fingerprint density at radius 2 is 1.13 bits per heavy atom. The Kier molecular flexibility index (Phi) is 2.86. The van der Waals surface area contributed by atoms with Gasteiger partial charge in [0.05, 0.1) is 11.0 Å². The first-order valence-electron chi connectivity index (χ1n) is 4.53. The van der Waals surface area contributed by atoms with Gasteiger partial charge >= 0.3 is 0 Å². The van der Waals surface area contributed by atoms with Crippen LogP contribution >= 0.6 is 0 Å². The van der Waals surface area contributed by atoms with E-state index < -0.39 is 0 Å². The summed E-state index contributed by atoms with van der Waals surface area (Å²) in [4.78, 5) is 8.69. The molecule has 3 heteroatoms. The molecule has 0 bridgehead atoms. The molecular formula is C12H8N2Sn. The molecule has 0 atom stereocenters. The van der Waals surface area contributed by atoms with Gasteiger partial charge in [0.15, 0.2) is 0 Å². The second kappa shape index (κ2) is 4.14. The Morgan fingerprint density at radius 1 is 0.667 bits per heavy atom.